The van der Waals surface area contributed by atoms with Gasteiger partial charge in [0.25, 0.3) is 0 Å². The first-order valence-electron chi connectivity index (χ1n) is 30.0. The molecule has 0 aromatic rings. The van der Waals surface area contributed by atoms with Gasteiger partial charge in [-0.05, 0) is 51.4 Å². The van der Waals surface area contributed by atoms with Crippen molar-refractivity contribution in [1.29, 1.82) is 0 Å². The molecule has 1 heterocycles. The molecule has 12 nitrogen and oxygen atoms in total. The van der Waals surface area contributed by atoms with Crippen molar-refractivity contribution in [1.82, 2.24) is 0 Å². The van der Waals surface area contributed by atoms with Gasteiger partial charge in [0, 0.05) is 19.3 Å². The van der Waals surface area contributed by atoms with Crippen LogP contribution in [0.2, 0.25) is 0 Å². The Kier molecular flexibility index (Phi) is 46.4. The highest BCUT2D eigenvalue weighted by molar-refractivity contribution is 5.74. The molecule has 6 unspecified atom stereocenters. The second-order valence-electron chi connectivity index (χ2n) is 20.6. The number of aliphatic hydroxyl groups is 2. The van der Waals surface area contributed by atoms with Gasteiger partial charge in [-0.15, -0.1) is 0 Å². The molecule has 0 saturated carbocycles. The van der Waals surface area contributed by atoms with Crippen LogP contribution in [0.15, 0.2) is 36.5 Å². The van der Waals surface area contributed by atoms with Crippen molar-refractivity contribution >= 4 is 23.9 Å². The number of aliphatic hydroxyl groups excluding tert-OH is 2. The van der Waals surface area contributed by atoms with E-state index in [4.69, 9.17) is 23.7 Å². The van der Waals surface area contributed by atoms with Gasteiger partial charge in [0.1, 0.15) is 18.8 Å². The van der Waals surface area contributed by atoms with Crippen LogP contribution in [0.3, 0.4) is 0 Å². The summed E-state index contributed by atoms with van der Waals surface area (Å²) in [6, 6.07) is 0. The summed E-state index contributed by atoms with van der Waals surface area (Å²) in [7, 11) is 0. The maximum Gasteiger partial charge on any atom is 0.335 e. The predicted octanol–water partition coefficient (Wildman–Crippen LogP) is 15.2. The van der Waals surface area contributed by atoms with Crippen LogP contribution in [-0.4, -0.2) is 89.2 Å². The minimum absolute atomic E-state index is 0.0445. The van der Waals surface area contributed by atoms with Crippen molar-refractivity contribution in [3.8, 4) is 0 Å². The average Bonchev–Trinajstić information content (AvgIpc) is 3.37. The molecule has 6 atom stereocenters. The van der Waals surface area contributed by atoms with E-state index in [1.807, 2.05) is 0 Å². The molecule has 424 valence electrons. The monoisotopic (exact) mass is 1030 g/mol. The lowest BCUT2D eigenvalue weighted by Gasteiger charge is -2.40. The fourth-order valence-corrected chi connectivity index (χ4v) is 9.15. The Hall–Kier alpha value is -3.06. The molecule has 0 aromatic heterocycles. The molecule has 3 N–H and O–H groups in total. The standard InChI is InChI=1S/C61H108O12/c1-4-7-10-13-16-19-22-25-27-30-32-35-38-41-44-47-53(62)69-50-52(71-54(63)48-45-42-39-36-33-29-24-21-18-15-12-9-6-3)51-70-61-59(57(66)56(65)58(73-61)60(67)68)72-55(64)49-46-43-40-37-34-31-28-26-23-20-17-14-11-8-5-2/h8,11,17,20,26,28,52,56-59,61,65-66H,4-7,9-10,12-16,18-19,21-25,27,29-51H2,1-3H3,(H,67,68)/b11-8-,20-17-,28-26-. The van der Waals surface area contributed by atoms with Crippen molar-refractivity contribution in [2.75, 3.05) is 13.2 Å². The van der Waals surface area contributed by atoms with Gasteiger partial charge in [-0.25, -0.2) is 4.79 Å². The van der Waals surface area contributed by atoms with Gasteiger partial charge in [0.2, 0.25) is 0 Å². The molecular weight excluding hydrogens is 925 g/mol. The van der Waals surface area contributed by atoms with E-state index in [-0.39, 0.29) is 25.9 Å². The number of ether oxygens (including phenoxy) is 5. The third-order valence-corrected chi connectivity index (χ3v) is 13.7. The molecule has 1 rings (SSSR count). The second kappa shape index (κ2) is 49.8. The van der Waals surface area contributed by atoms with E-state index in [0.717, 1.165) is 89.9 Å². The normalized spacial score (nSPS) is 18.5. The second-order valence-corrected chi connectivity index (χ2v) is 20.6. The summed E-state index contributed by atoms with van der Waals surface area (Å²) in [4.78, 5) is 51.1. The van der Waals surface area contributed by atoms with Crippen molar-refractivity contribution in [2.24, 2.45) is 0 Å². The Morgan fingerprint density at radius 3 is 1.32 bits per heavy atom. The zero-order chi connectivity index (χ0) is 53.3. The Morgan fingerprint density at radius 1 is 0.466 bits per heavy atom. The van der Waals surface area contributed by atoms with Crippen LogP contribution < -0.4 is 0 Å². The van der Waals surface area contributed by atoms with Crippen molar-refractivity contribution in [2.45, 2.75) is 314 Å². The summed E-state index contributed by atoms with van der Waals surface area (Å²) in [6.45, 7) is 5.90. The number of hydrogen-bond donors (Lipinski definition) is 3. The van der Waals surface area contributed by atoms with Crippen LogP contribution in [0.5, 0.6) is 0 Å². The number of carbonyl (C=O) groups is 4. The number of carbonyl (C=O) groups excluding carboxylic acids is 3. The third-order valence-electron chi connectivity index (χ3n) is 13.7. The molecule has 0 aromatic carbocycles. The summed E-state index contributed by atoms with van der Waals surface area (Å²) in [5, 5.41) is 31.5. The van der Waals surface area contributed by atoms with Gasteiger partial charge in [-0.2, -0.15) is 0 Å². The van der Waals surface area contributed by atoms with Gasteiger partial charge in [0.15, 0.2) is 24.6 Å². The van der Waals surface area contributed by atoms with E-state index in [2.05, 4.69) is 57.2 Å². The topological polar surface area (TPSA) is 175 Å². The van der Waals surface area contributed by atoms with E-state index >= 15 is 0 Å². The van der Waals surface area contributed by atoms with E-state index < -0.39 is 67.3 Å². The third kappa shape index (κ3) is 39.9. The number of allylic oxidation sites excluding steroid dienone is 6. The van der Waals surface area contributed by atoms with E-state index in [1.54, 1.807) is 0 Å². The van der Waals surface area contributed by atoms with Gasteiger partial charge in [-0.3, -0.25) is 14.4 Å². The van der Waals surface area contributed by atoms with Crippen molar-refractivity contribution in [3.05, 3.63) is 36.5 Å². The minimum Gasteiger partial charge on any atom is -0.479 e. The predicted molar refractivity (Wildman–Crippen MR) is 294 cm³/mol. The number of unbranched alkanes of at least 4 members (excludes halogenated alkanes) is 31. The molecule has 0 amide bonds. The Bertz CT molecular complexity index is 1410. The maximum atomic E-state index is 13.1. The van der Waals surface area contributed by atoms with Gasteiger partial charge in [-0.1, -0.05) is 243 Å². The van der Waals surface area contributed by atoms with Crippen LogP contribution in [0.1, 0.15) is 278 Å². The molecule has 73 heavy (non-hydrogen) atoms. The zero-order valence-electron chi connectivity index (χ0n) is 46.6. The quantitative estimate of drug-likeness (QED) is 0.0228. The summed E-state index contributed by atoms with van der Waals surface area (Å²) in [6.07, 6.45) is 45.4. The minimum atomic E-state index is -1.90. The molecule has 0 radical (unpaired) electrons. The molecule has 12 heteroatoms. The fourth-order valence-electron chi connectivity index (χ4n) is 9.15. The summed E-state index contributed by atoms with van der Waals surface area (Å²) >= 11 is 0. The molecule has 1 aliphatic rings. The van der Waals surface area contributed by atoms with E-state index in [9.17, 15) is 34.5 Å². The number of esters is 3. The smallest absolute Gasteiger partial charge is 0.335 e. The van der Waals surface area contributed by atoms with E-state index in [0.29, 0.717) is 19.3 Å². The lowest BCUT2D eigenvalue weighted by molar-refractivity contribution is -0.301. The Morgan fingerprint density at radius 2 is 0.863 bits per heavy atom. The van der Waals surface area contributed by atoms with E-state index in [1.165, 1.54) is 128 Å². The zero-order valence-corrected chi connectivity index (χ0v) is 46.6. The number of carboxylic acid groups (broad SMARTS) is 1. The number of carboxylic acids is 1. The lowest BCUT2D eigenvalue weighted by atomic mass is 9.98. The largest absolute Gasteiger partial charge is 0.479 e. The Balaban J connectivity index is 2.68. The molecule has 0 bridgehead atoms. The van der Waals surface area contributed by atoms with Crippen LogP contribution in [0, 0.1) is 0 Å². The lowest BCUT2D eigenvalue weighted by Crippen LogP contribution is -2.61. The first-order chi connectivity index (χ1) is 35.6. The van der Waals surface area contributed by atoms with Gasteiger partial charge in [0.05, 0.1) is 6.61 Å². The molecule has 1 fully saturated rings. The van der Waals surface area contributed by atoms with Crippen LogP contribution in [0.4, 0.5) is 0 Å². The van der Waals surface area contributed by atoms with Crippen LogP contribution in [0.25, 0.3) is 0 Å². The van der Waals surface area contributed by atoms with Crippen LogP contribution in [-0.2, 0) is 42.9 Å². The molecule has 1 saturated heterocycles. The van der Waals surface area contributed by atoms with Crippen molar-refractivity contribution < 1.29 is 58.2 Å². The Labute approximate surface area is 444 Å². The number of hydrogen-bond acceptors (Lipinski definition) is 11. The highest BCUT2D eigenvalue weighted by Crippen LogP contribution is 2.27. The SMILES string of the molecule is CC/C=C\C/C=C\C/C=C\CCCCCCCC(=O)OC1C(OCC(COC(=O)CCCCCCCCCCCCCCCCC)OC(=O)CCCCCCCCCCCCCCC)OC(C(=O)O)C(O)C1O. The highest BCUT2D eigenvalue weighted by Gasteiger charge is 2.50. The summed E-state index contributed by atoms with van der Waals surface area (Å²) in [5.74, 6) is -3.11. The summed E-state index contributed by atoms with van der Waals surface area (Å²) in [5.41, 5.74) is 0. The van der Waals surface area contributed by atoms with Gasteiger partial charge < -0.3 is 39.0 Å². The summed E-state index contributed by atoms with van der Waals surface area (Å²) < 4.78 is 28.4. The highest BCUT2D eigenvalue weighted by atomic mass is 16.7. The van der Waals surface area contributed by atoms with Crippen molar-refractivity contribution in [3.63, 3.8) is 0 Å². The molecule has 1 aliphatic heterocycles. The average molecular weight is 1030 g/mol. The maximum absolute atomic E-state index is 13.1. The van der Waals surface area contributed by atoms with Crippen LogP contribution >= 0.6 is 0 Å². The fraction of sp³-hybridized carbons (Fsp3) is 0.836. The number of aliphatic carboxylic acids is 1. The molecular formula is C61H108O12. The molecule has 0 aliphatic carbocycles. The first-order valence-corrected chi connectivity index (χ1v) is 30.0. The van der Waals surface area contributed by atoms with Gasteiger partial charge >= 0.3 is 23.9 Å². The number of rotatable bonds is 51. The first kappa shape index (κ1) is 68.0. The molecule has 0 spiro atoms.